The van der Waals surface area contributed by atoms with E-state index in [1.54, 1.807) is 24.4 Å². The maximum absolute atomic E-state index is 13.8. The molecular formula is C15H12F4N6S. The SMILES string of the molecule is Cc1nn(C)c(F)c1C=NNc1nc(-c2cccs2)cc(C(F)(F)F)n1. The van der Waals surface area contributed by atoms with Crippen LogP contribution in [0.3, 0.4) is 0 Å². The van der Waals surface area contributed by atoms with Crippen LogP contribution in [0.25, 0.3) is 10.6 Å². The minimum Gasteiger partial charge on any atom is -0.245 e. The fraction of sp³-hybridized carbons (Fsp3) is 0.200. The van der Waals surface area contributed by atoms with Crippen LogP contribution in [0.15, 0.2) is 28.7 Å². The summed E-state index contributed by atoms with van der Waals surface area (Å²) in [7, 11) is 1.43. The number of hydrogen-bond acceptors (Lipinski definition) is 6. The van der Waals surface area contributed by atoms with Crippen molar-refractivity contribution in [2.24, 2.45) is 12.1 Å². The predicted octanol–water partition coefficient (Wildman–Crippen LogP) is 3.85. The zero-order chi connectivity index (χ0) is 18.9. The highest BCUT2D eigenvalue weighted by Crippen LogP contribution is 2.32. The molecule has 0 unspecified atom stereocenters. The Morgan fingerprint density at radius 3 is 2.65 bits per heavy atom. The summed E-state index contributed by atoms with van der Waals surface area (Å²) < 4.78 is 54.1. The molecule has 3 aromatic heterocycles. The van der Waals surface area contributed by atoms with E-state index in [-0.39, 0.29) is 17.2 Å². The van der Waals surface area contributed by atoms with E-state index >= 15 is 0 Å². The van der Waals surface area contributed by atoms with Crippen molar-refractivity contribution in [1.29, 1.82) is 0 Å². The van der Waals surface area contributed by atoms with Crippen LogP contribution >= 0.6 is 11.3 Å². The molecule has 3 heterocycles. The van der Waals surface area contributed by atoms with Gasteiger partial charge in [0.05, 0.1) is 28.0 Å². The average molecular weight is 384 g/mol. The van der Waals surface area contributed by atoms with Crippen molar-refractivity contribution < 1.29 is 17.6 Å². The molecule has 0 aliphatic rings. The zero-order valence-corrected chi connectivity index (χ0v) is 14.4. The van der Waals surface area contributed by atoms with E-state index < -0.39 is 17.8 Å². The van der Waals surface area contributed by atoms with Crippen molar-refractivity contribution >= 4 is 23.5 Å². The van der Waals surface area contributed by atoms with E-state index in [1.165, 1.54) is 18.4 Å². The second-order valence-corrected chi connectivity index (χ2v) is 6.17. The first-order valence-corrected chi connectivity index (χ1v) is 8.12. The summed E-state index contributed by atoms with van der Waals surface area (Å²) in [4.78, 5) is 8.01. The van der Waals surface area contributed by atoms with E-state index in [2.05, 4.69) is 25.6 Å². The van der Waals surface area contributed by atoms with Gasteiger partial charge in [-0.15, -0.1) is 11.3 Å². The Morgan fingerprint density at radius 1 is 1.31 bits per heavy atom. The lowest BCUT2D eigenvalue weighted by molar-refractivity contribution is -0.141. The topological polar surface area (TPSA) is 68.0 Å². The number of halogens is 4. The van der Waals surface area contributed by atoms with Gasteiger partial charge in [-0.2, -0.15) is 27.8 Å². The molecule has 6 nitrogen and oxygen atoms in total. The highest BCUT2D eigenvalue weighted by molar-refractivity contribution is 7.13. The largest absolute Gasteiger partial charge is 0.433 e. The van der Waals surface area contributed by atoms with Crippen molar-refractivity contribution in [2.75, 3.05) is 5.43 Å². The van der Waals surface area contributed by atoms with Crippen LogP contribution in [0.1, 0.15) is 17.0 Å². The first-order valence-electron chi connectivity index (χ1n) is 7.24. The molecule has 3 rings (SSSR count). The van der Waals surface area contributed by atoms with Gasteiger partial charge in [0.25, 0.3) is 0 Å². The molecule has 0 radical (unpaired) electrons. The Labute approximate surface area is 149 Å². The van der Waals surface area contributed by atoms with E-state index in [1.807, 2.05) is 0 Å². The quantitative estimate of drug-likeness (QED) is 0.422. The molecule has 26 heavy (non-hydrogen) atoms. The van der Waals surface area contributed by atoms with Crippen molar-refractivity contribution in [2.45, 2.75) is 13.1 Å². The second kappa shape index (κ2) is 6.83. The molecule has 0 fully saturated rings. The molecule has 0 saturated carbocycles. The van der Waals surface area contributed by atoms with Crippen molar-refractivity contribution in [3.63, 3.8) is 0 Å². The van der Waals surface area contributed by atoms with Gasteiger partial charge >= 0.3 is 6.18 Å². The summed E-state index contributed by atoms with van der Waals surface area (Å²) in [6.07, 6.45) is -3.52. The lowest BCUT2D eigenvalue weighted by Gasteiger charge is -2.09. The number of aryl methyl sites for hydroxylation is 2. The Morgan fingerprint density at radius 2 is 2.08 bits per heavy atom. The van der Waals surface area contributed by atoms with E-state index in [9.17, 15) is 17.6 Å². The highest BCUT2D eigenvalue weighted by atomic mass is 32.1. The molecular weight excluding hydrogens is 372 g/mol. The van der Waals surface area contributed by atoms with Gasteiger partial charge in [0.2, 0.25) is 11.9 Å². The van der Waals surface area contributed by atoms with Gasteiger partial charge in [0.1, 0.15) is 0 Å². The molecule has 0 bridgehead atoms. The van der Waals surface area contributed by atoms with Crippen molar-refractivity contribution in [3.05, 3.63) is 46.5 Å². The molecule has 0 aliphatic heterocycles. The summed E-state index contributed by atoms with van der Waals surface area (Å²) in [6, 6.07) is 4.22. The number of alkyl halides is 3. The van der Waals surface area contributed by atoms with E-state index in [0.29, 0.717) is 10.6 Å². The summed E-state index contributed by atoms with van der Waals surface area (Å²) in [5.41, 5.74) is 1.84. The van der Waals surface area contributed by atoms with Crippen LogP contribution in [0.5, 0.6) is 0 Å². The Hall–Kier alpha value is -2.82. The Kier molecular flexibility index (Phi) is 4.72. The lowest BCUT2D eigenvalue weighted by Crippen LogP contribution is -2.11. The van der Waals surface area contributed by atoms with Crippen LogP contribution in [-0.2, 0) is 13.2 Å². The van der Waals surface area contributed by atoms with Crippen LogP contribution in [0, 0.1) is 12.9 Å². The van der Waals surface area contributed by atoms with Gasteiger partial charge in [-0.05, 0) is 24.4 Å². The number of rotatable bonds is 4. The number of anilines is 1. The maximum atomic E-state index is 13.8. The molecule has 0 saturated heterocycles. The molecule has 11 heteroatoms. The molecule has 3 aromatic rings. The molecule has 1 N–H and O–H groups in total. The van der Waals surface area contributed by atoms with Crippen LogP contribution in [-0.4, -0.2) is 26.0 Å². The first kappa shape index (κ1) is 18.0. The minimum absolute atomic E-state index is 0.115. The number of nitrogens with zero attached hydrogens (tertiary/aromatic N) is 5. The number of thiophene rings is 1. The van der Waals surface area contributed by atoms with Gasteiger partial charge in [-0.3, -0.25) is 0 Å². The molecule has 136 valence electrons. The average Bonchev–Trinajstić information content (AvgIpc) is 3.18. The monoisotopic (exact) mass is 384 g/mol. The summed E-state index contributed by atoms with van der Waals surface area (Å²) >= 11 is 1.25. The number of hydrogen-bond donors (Lipinski definition) is 1. The highest BCUT2D eigenvalue weighted by Gasteiger charge is 2.34. The molecule has 0 aliphatic carbocycles. The third-order valence-electron chi connectivity index (χ3n) is 3.34. The number of nitrogens with one attached hydrogen (secondary N) is 1. The summed E-state index contributed by atoms with van der Waals surface area (Å²) in [5.74, 6) is -0.960. The third-order valence-corrected chi connectivity index (χ3v) is 4.24. The Balaban J connectivity index is 1.92. The summed E-state index contributed by atoms with van der Waals surface area (Å²) in [5, 5.41) is 9.34. The van der Waals surface area contributed by atoms with Crippen LogP contribution < -0.4 is 5.43 Å². The first-order chi connectivity index (χ1) is 12.3. The number of hydrazone groups is 1. The smallest absolute Gasteiger partial charge is 0.245 e. The molecule has 0 aromatic carbocycles. The summed E-state index contributed by atoms with van der Waals surface area (Å²) in [6.45, 7) is 1.58. The zero-order valence-electron chi connectivity index (χ0n) is 13.5. The van der Waals surface area contributed by atoms with Gasteiger partial charge in [-0.25, -0.2) is 20.1 Å². The van der Waals surface area contributed by atoms with Crippen molar-refractivity contribution in [3.8, 4) is 10.6 Å². The third kappa shape index (κ3) is 3.72. The van der Waals surface area contributed by atoms with Crippen LogP contribution in [0.2, 0.25) is 0 Å². The second-order valence-electron chi connectivity index (χ2n) is 5.22. The molecule has 0 amide bonds. The van der Waals surface area contributed by atoms with Crippen molar-refractivity contribution in [1.82, 2.24) is 19.7 Å². The van der Waals surface area contributed by atoms with Gasteiger partial charge < -0.3 is 0 Å². The standard InChI is InChI=1S/C15H12F4N6S/c1-8-9(13(16)25(2)24-8)7-20-23-14-21-10(11-4-3-5-26-11)6-12(22-14)15(17,18)19/h3-7H,1-2H3,(H,21,22,23). The van der Waals surface area contributed by atoms with Gasteiger partial charge in [0, 0.05) is 7.05 Å². The maximum Gasteiger partial charge on any atom is 0.433 e. The fourth-order valence-electron chi connectivity index (χ4n) is 2.14. The molecule has 0 spiro atoms. The minimum atomic E-state index is -4.64. The van der Waals surface area contributed by atoms with E-state index in [4.69, 9.17) is 0 Å². The predicted molar refractivity (Wildman–Crippen MR) is 89.5 cm³/mol. The van der Waals surface area contributed by atoms with Gasteiger partial charge in [0.15, 0.2) is 5.69 Å². The molecule has 0 atom stereocenters. The van der Waals surface area contributed by atoms with Gasteiger partial charge in [-0.1, -0.05) is 6.07 Å². The lowest BCUT2D eigenvalue weighted by atomic mass is 10.3. The number of aromatic nitrogens is 4. The van der Waals surface area contributed by atoms with E-state index in [0.717, 1.165) is 17.0 Å². The Bertz CT molecular complexity index is 946. The fourth-order valence-corrected chi connectivity index (χ4v) is 2.83. The van der Waals surface area contributed by atoms with Crippen LogP contribution in [0.4, 0.5) is 23.5 Å². The normalized spacial score (nSPS) is 12.1.